The molecule has 0 aromatic heterocycles. The summed E-state index contributed by atoms with van der Waals surface area (Å²) in [4.78, 5) is 0. The highest BCUT2D eigenvalue weighted by Crippen LogP contribution is 2.05. The third kappa shape index (κ3) is 6.85. The molecule has 0 spiro atoms. The van der Waals surface area contributed by atoms with Gasteiger partial charge in [0.05, 0.1) is 19.3 Å². The molecule has 0 aliphatic rings. The molecule has 3 heteroatoms. The number of ether oxygens (including phenoxy) is 2. The summed E-state index contributed by atoms with van der Waals surface area (Å²) in [6.07, 6.45) is 0.912. The van der Waals surface area contributed by atoms with Gasteiger partial charge >= 0.3 is 0 Å². The van der Waals surface area contributed by atoms with Gasteiger partial charge in [0.2, 0.25) is 0 Å². The van der Waals surface area contributed by atoms with Crippen molar-refractivity contribution in [1.82, 2.24) is 0 Å². The fourth-order valence-corrected chi connectivity index (χ4v) is 2.11. The lowest BCUT2D eigenvalue weighted by atomic mass is 10.2. The van der Waals surface area contributed by atoms with Gasteiger partial charge in [-0.25, -0.2) is 0 Å². The lowest BCUT2D eigenvalue weighted by Gasteiger charge is -2.11. The molecule has 0 saturated carbocycles. The zero-order valence-corrected chi connectivity index (χ0v) is 12.9. The fraction of sp³-hybridized carbons (Fsp3) is 0.368. The number of benzene rings is 2. The van der Waals surface area contributed by atoms with Crippen molar-refractivity contribution in [3.05, 3.63) is 71.8 Å². The van der Waals surface area contributed by atoms with Crippen LogP contribution in [0, 0.1) is 0 Å². The average molecular weight is 300 g/mol. The maximum atomic E-state index is 9.88. The summed E-state index contributed by atoms with van der Waals surface area (Å²) in [7, 11) is 0. The Morgan fingerprint density at radius 3 is 1.50 bits per heavy atom. The number of hydrogen-bond donors (Lipinski definition) is 1. The minimum Gasteiger partial charge on any atom is -0.393 e. The quantitative estimate of drug-likeness (QED) is 0.682. The average Bonchev–Trinajstić information content (AvgIpc) is 2.57. The van der Waals surface area contributed by atoms with Gasteiger partial charge in [0.1, 0.15) is 0 Å². The summed E-state index contributed by atoms with van der Waals surface area (Å²) in [6, 6.07) is 20.1. The van der Waals surface area contributed by atoms with Crippen molar-refractivity contribution in [2.75, 3.05) is 13.2 Å². The topological polar surface area (TPSA) is 38.7 Å². The second-order valence-electron chi connectivity index (χ2n) is 5.31. The SMILES string of the molecule is OC(CCOCc1ccccc1)CCOCc1ccccc1. The molecule has 0 bridgehead atoms. The van der Waals surface area contributed by atoms with Crippen LogP contribution in [0.15, 0.2) is 60.7 Å². The molecular weight excluding hydrogens is 276 g/mol. The van der Waals surface area contributed by atoms with Crippen molar-refractivity contribution >= 4 is 0 Å². The van der Waals surface area contributed by atoms with E-state index in [9.17, 15) is 5.11 Å². The first-order chi connectivity index (χ1) is 10.8. The van der Waals surface area contributed by atoms with Crippen LogP contribution >= 0.6 is 0 Å². The first-order valence-corrected chi connectivity index (χ1v) is 7.76. The van der Waals surface area contributed by atoms with Crippen LogP contribution < -0.4 is 0 Å². The Labute approximate surface area is 132 Å². The van der Waals surface area contributed by atoms with E-state index < -0.39 is 0 Å². The third-order valence-corrected chi connectivity index (χ3v) is 3.41. The summed E-state index contributed by atoms with van der Waals surface area (Å²) in [5.74, 6) is 0. The Kier molecular flexibility index (Phi) is 7.67. The van der Waals surface area contributed by atoms with E-state index in [2.05, 4.69) is 0 Å². The van der Waals surface area contributed by atoms with E-state index in [1.165, 1.54) is 0 Å². The molecule has 2 rings (SSSR count). The predicted octanol–water partition coefficient (Wildman–Crippen LogP) is 3.56. The fourth-order valence-electron chi connectivity index (χ4n) is 2.11. The van der Waals surface area contributed by atoms with Crippen molar-refractivity contribution in [3.8, 4) is 0 Å². The highest BCUT2D eigenvalue weighted by atomic mass is 16.5. The Morgan fingerprint density at radius 2 is 1.09 bits per heavy atom. The summed E-state index contributed by atoms with van der Waals surface area (Å²) in [6.45, 7) is 2.32. The zero-order valence-electron chi connectivity index (χ0n) is 12.9. The summed E-state index contributed by atoms with van der Waals surface area (Å²) < 4.78 is 11.1. The van der Waals surface area contributed by atoms with Crippen LogP contribution in [0.1, 0.15) is 24.0 Å². The Hall–Kier alpha value is -1.68. The molecule has 118 valence electrons. The van der Waals surface area contributed by atoms with E-state index in [4.69, 9.17) is 9.47 Å². The zero-order chi connectivity index (χ0) is 15.5. The molecule has 2 aromatic carbocycles. The molecule has 0 heterocycles. The molecule has 3 nitrogen and oxygen atoms in total. The van der Waals surface area contributed by atoms with Crippen LogP contribution in [0.25, 0.3) is 0 Å². The minimum absolute atomic E-state index is 0.369. The number of hydrogen-bond acceptors (Lipinski definition) is 3. The first kappa shape index (κ1) is 16.7. The highest BCUT2D eigenvalue weighted by molar-refractivity contribution is 5.14. The molecule has 0 amide bonds. The van der Waals surface area contributed by atoms with Gasteiger partial charge in [-0.05, 0) is 24.0 Å². The van der Waals surface area contributed by atoms with Crippen LogP contribution in [0.3, 0.4) is 0 Å². The number of aliphatic hydroxyl groups is 1. The molecule has 0 radical (unpaired) electrons. The van der Waals surface area contributed by atoms with E-state index in [1.807, 2.05) is 60.7 Å². The Morgan fingerprint density at radius 1 is 0.682 bits per heavy atom. The van der Waals surface area contributed by atoms with Gasteiger partial charge in [-0.1, -0.05) is 60.7 Å². The van der Waals surface area contributed by atoms with E-state index in [0.717, 1.165) is 11.1 Å². The summed E-state index contributed by atoms with van der Waals surface area (Å²) in [5.41, 5.74) is 2.31. The van der Waals surface area contributed by atoms with E-state index in [0.29, 0.717) is 39.3 Å². The Bertz CT molecular complexity index is 451. The molecule has 1 N–H and O–H groups in total. The minimum atomic E-state index is -0.369. The van der Waals surface area contributed by atoms with Crippen LogP contribution in [0.2, 0.25) is 0 Å². The first-order valence-electron chi connectivity index (χ1n) is 7.76. The molecule has 0 aliphatic heterocycles. The maximum absolute atomic E-state index is 9.88. The van der Waals surface area contributed by atoms with Gasteiger partial charge in [-0.2, -0.15) is 0 Å². The lowest BCUT2D eigenvalue weighted by molar-refractivity contribution is 0.0429. The second kappa shape index (κ2) is 10.1. The molecule has 2 aromatic rings. The van der Waals surface area contributed by atoms with Gasteiger partial charge in [0.25, 0.3) is 0 Å². The molecule has 22 heavy (non-hydrogen) atoms. The van der Waals surface area contributed by atoms with Crippen molar-refractivity contribution in [1.29, 1.82) is 0 Å². The molecule has 0 atom stereocenters. The van der Waals surface area contributed by atoms with Crippen LogP contribution in [0.5, 0.6) is 0 Å². The monoisotopic (exact) mass is 300 g/mol. The van der Waals surface area contributed by atoms with Crippen LogP contribution in [-0.4, -0.2) is 24.4 Å². The van der Waals surface area contributed by atoms with Gasteiger partial charge in [-0.15, -0.1) is 0 Å². The molecular formula is C19H24O3. The molecule has 0 fully saturated rings. The second-order valence-corrected chi connectivity index (χ2v) is 5.31. The lowest BCUT2D eigenvalue weighted by Crippen LogP contribution is -2.13. The van der Waals surface area contributed by atoms with E-state index in [1.54, 1.807) is 0 Å². The van der Waals surface area contributed by atoms with E-state index >= 15 is 0 Å². The predicted molar refractivity (Wildman–Crippen MR) is 87.4 cm³/mol. The highest BCUT2D eigenvalue weighted by Gasteiger charge is 2.04. The summed E-state index contributed by atoms with van der Waals surface area (Å²) in [5, 5.41) is 9.88. The van der Waals surface area contributed by atoms with Crippen LogP contribution in [-0.2, 0) is 22.7 Å². The maximum Gasteiger partial charge on any atom is 0.0716 e. The van der Waals surface area contributed by atoms with Crippen molar-refractivity contribution in [2.24, 2.45) is 0 Å². The van der Waals surface area contributed by atoms with Crippen molar-refractivity contribution in [3.63, 3.8) is 0 Å². The van der Waals surface area contributed by atoms with Crippen molar-refractivity contribution in [2.45, 2.75) is 32.2 Å². The van der Waals surface area contributed by atoms with Gasteiger partial charge in [0.15, 0.2) is 0 Å². The number of aliphatic hydroxyl groups excluding tert-OH is 1. The molecule has 0 saturated heterocycles. The van der Waals surface area contributed by atoms with Crippen molar-refractivity contribution < 1.29 is 14.6 Å². The number of rotatable bonds is 10. The molecule has 0 aliphatic carbocycles. The van der Waals surface area contributed by atoms with Gasteiger partial charge in [0, 0.05) is 13.2 Å². The van der Waals surface area contributed by atoms with Gasteiger partial charge < -0.3 is 14.6 Å². The van der Waals surface area contributed by atoms with Gasteiger partial charge in [-0.3, -0.25) is 0 Å². The third-order valence-electron chi connectivity index (χ3n) is 3.41. The normalized spacial score (nSPS) is 11.0. The van der Waals surface area contributed by atoms with Crippen LogP contribution in [0.4, 0.5) is 0 Å². The molecule has 0 unspecified atom stereocenters. The van der Waals surface area contributed by atoms with E-state index in [-0.39, 0.29) is 6.10 Å². The Balaban J connectivity index is 1.48. The standard InChI is InChI=1S/C19H24O3/c20-19(11-13-21-15-17-7-3-1-4-8-17)12-14-22-16-18-9-5-2-6-10-18/h1-10,19-20H,11-16H2. The smallest absolute Gasteiger partial charge is 0.0716 e. The summed E-state index contributed by atoms with van der Waals surface area (Å²) >= 11 is 0. The largest absolute Gasteiger partial charge is 0.393 e.